The van der Waals surface area contributed by atoms with Crippen molar-refractivity contribution in [2.24, 2.45) is 0 Å². The van der Waals surface area contributed by atoms with Gasteiger partial charge in [0.2, 0.25) is 0 Å². The van der Waals surface area contributed by atoms with Crippen LogP contribution in [0.2, 0.25) is 4.34 Å². The van der Waals surface area contributed by atoms with Crippen LogP contribution in [0.3, 0.4) is 0 Å². The number of likely N-dealkylation sites (N-methyl/N-ethyl adjacent to an activating group) is 2. The molecule has 1 atom stereocenters. The van der Waals surface area contributed by atoms with Crippen LogP contribution in [0.1, 0.15) is 37.5 Å². The number of nitrogens with zero attached hydrogens (tertiary/aromatic N) is 1. The van der Waals surface area contributed by atoms with Gasteiger partial charge < -0.3 is 10.2 Å². The lowest BCUT2D eigenvalue weighted by Gasteiger charge is -2.43. The van der Waals surface area contributed by atoms with Gasteiger partial charge in [0.15, 0.2) is 0 Å². The summed E-state index contributed by atoms with van der Waals surface area (Å²) in [7, 11) is 4.47. The first-order chi connectivity index (χ1) is 9.08. The fraction of sp³-hybridized carbons (Fsp3) is 0.733. The number of halogens is 1. The summed E-state index contributed by atoms with van der Waals surface area (Å²) in [5.41, 5.74) is 0.312. The molecule has 0 radical (unpaired) electrons. The fourth-order valence-electron chi connectivity index (χ4n) is 3.46. The molecule has 1 unspecified atom stereocenters. The van der Waals surface area contributed by atoms with E-state index in [0.29, 0.717) is 11.6 Å². The summed E-state index contributed by atoms with van der Waals surface area (Å²) >= 11 is 7.78. The normalized spacial score (nSPS) is 20.1. The predicted molar refractivity (Wildman–Crippen MR) is 85.4 cm³/mol. The van der Waals surface area contributed by atoms with Crippen molar-refractivity contribution < 1.29 is 0 Å². The quantitative estimate of drug-likeness (QED) is 0.860. The van der Waals surface area contributed by atoms with E-state index < -0.39 is 0 Å². The molecule has 2 nitrogen and oxygen atoms in total. The second-order valence-electron chi connectivity index (χ2n) is 5.73. The molecule has 1 aromatic heterocycles. The number of rotatable bonds is 6. The Kier molecular flexibility index (Phi) is 5.29. The van der Waals surface area contributed by atoms with Crippen LogP contribution in [0.15, 0.2) is 12.1 Å². The summed E-state index contributed by atoms with van der Waals surface area (Å²) in [6, 6.07) is 4.71. The van der Waals surface area contributed by atoms with E-state index in [2.05, 4.69) is 37.3 Å². The van der Waals surface area contributed by atoms with Crippen LogP contribution in [0.4, 0.5) is 0 Å². The summed E-state index contributed by atoms with van der Waals surface area (Å²) in [6.45, 7) is 3.23. The van der Waals surface area contributed by atoms with Crippen LogP contribution < -0.4 is 5.32 Å². The summed E-state index contributed by atoms with van der Waals surface area (Å²) < 4.78 is 0.899. The summed E-state index contributed by atoms with van der Waals surface area (Å²) in [5, 5.41) is 3.73. The molecule has 0 aliphatic heterocycles. The third-order valence-corrected chi connectivity index (χ3v) is 5.75. The summed E-state index contributed by atoms with van der Waals surface area (Å²) in [5.74, 6) is 0. The van der Waals surface area contributed by atoms with Crippen LogP contribution >= 0.6 is 22.9 Å². The van der Waals surface area contributed by atoms with Crippen molar-refractivity contribution in [3.05, 3.63) is 21.3 Å². The van der Waals surface area contributed by atoms with Crippen molar-refractivity contribution in [3.63, 3.8) is 0 Å². The number of nitrogens with one attached hydrogen (secondary N) is 1. The molecule has 0 spiro atoms. The minimum atomic E-state index is 0.312. The van der Waals surface area contributed by atoms with E-state index in [1.165, 1.54) is 30.6 Å². The number of hydrogen-bond donors (Lipinski definition) is 1. The van der Waals surface area contributed by atoms with Crippen LogP contribution in [0.5, 0.6) is 0 Å². The Hall–Kier alpha value is -0.0900. The van der Waals surface area contributed by atoms with Crippen LogP contribution in [-0.4, -0.2) is 37.1 Å². The van der Waals surface area contributed by atoms with E-state index in [1.54, 1.807) is 11.3 Å². The van der Waals surface area contributed by atoms with Gasteiger partial charge in [0.1, 0.15) is 0 Å². The van der Waals surface area contributed by atoms with E-state index >= 15 is 0 Å². The Morgan fingerprint density at radius 3 is 2.53 bits per heavy atom. The Morgan fingerprint density at radius 2 is 2.05 bits per heavy atom. The molecular formula is C15H25ClN2S. The highest BCUT2D eigenvalue weighted by Gasteiger charge is 2.42. The van der Waals surface area contributed by atoms with Crippen molar-refractivity contribution in [1.29, 1.82) is 0 Å². The standard InChI is InChI=1S/C15H25ClN2S/c1-4-17-13(11-12-7-8-14(16)19-12)15(18(2)3)9-5-6-10-15/h7-8,13,17H,4-6,9-11H2,1-3H3. The van der Waals surface area contributed by atoms with Crippen molar-refractivity contribution in [2.75, 3.05) is 20.6 Å². The molecule has 0 aromatic carbocycles. The smallest absolute Gasteiger partial charge is 0.0931 e. The van der Waals surface area contributed by atoms with Gasteiger partial charge in [-0.1, -0.05) is 31.4 Å². The first-order valence-electron chi connectivity index (χ1n) is 7.23. The maximum Gasteiger partial charge on any atom is 0.0931 e. The van der Waals surface area contributed by atoms with E-state index in [1.807, 2.05) is 6.07 Å². The van der Waals surface area contributed by atoms with Gasteiger partial charge in [-0.05, 0) is 52.0 Å². The highest BCUT2D eigenvalue weighted by atomic mass is 35.5. The molecule has 4 heteroatoms. The van der Waals surface area contributed by atoms with Gasteiger partial charge >= 0.3 is 0 Å². The number of hydrogen-bond acceptors (Lipinski definition) is 3. The van der Waals surface area contributed by atoms with Crippen LogP contribution in [0, 0.1) is 0 Å². The largest absolute Gasteiger partial charge is 0.312 e. The van der Waals surface area contributed by atoms with Gasteiger partial charge in [0.25, 0.3) is 0 Å². The molecule has 1 fully saturated rings. The lowest BCUT2D eigenvalue weighted by Crippen LogP contribution is -2.58. The molecular weight excluding hydrogens is 276 g/mol. The third-order valence-electron chi connectivity index (χ3n) is 4.49. The molecule has 1 heterocycles. The molecule has 1 N–H and O–H groups in total. The van der Waals surface area contributed by atoms with Crippen LogP contribution in [-0.2, 0) is 6.42 Å². The maximum absolute atomic E-state index is 6.07. The highest BCUT2D eigenvalue weighted by molar-refractivity contribution is 7.16. The van der Waals surface area contributed by atoms with Crippen molar-refractivity contribution in [2.45, 2.75) is 50.6 Å². The van der Waals surface area contributed by atoms with Gasteiger partial charge in [0, 0.05) is 16.5 Å². The zero-order valence-electron chi connectivity index (χ0n) is 12.2. The van der Waals surface area contributed by atoms with Crippen molar-refractivity contribution >= 4 is 22.9 Å². The zero-order valence-corrected chi connectivity index (χ0v) is 13.8. The molecule has 0 bridgehead atoms. The molecule has 1 aromatic rings. The molecule has 1 saturated carbocycles. The van der Waals surface area contributed by atoms with Crippen molar-refractivity contribution in [1.82, 2.24) is 10.2 Å². The van der Waals surface area contributed by atoms with Gasteiger partial charge in [-0.25, -0.2) is 0 Å². The van der Waals surface area contributed by atoms with Gasteiger partial charge in [-0.15, -0.1) is 11.3 Å². The van der Waals surface area contributed by atoms with Gasteiger partial charge in [0.05, 0.1) is 4.34 Å². The van der Waals surface area contributed by atoms with E-state index in [-0.39, 0.29) is 0 Å². The minimum absolute atomic E-state index is 0.312. The lowest BCUT2D eigenvalue weighted by molar-refractivity contribution is 0.105. The first-order valence-corrected chi connectivity index (χ1v) is 8.43. The highest BCUT2D eigenvalue weighted by Crippen LogP contribution is 2.38. The lowest BCUT2D eigenvalue weighted by atomic mass is 9.84. The average molecular weight is 301 g/mol. The molecule has 1 aliphatic carbocycles. The Labute approximate surface area is 126 Å². The Morgan fingerprint density at radius 1 is 1.37 bits per heavy atom. The average Bonchev–Trinajstić information content (AvgIpc) is 2.98. The maximum atomic E-state index is 6.07. The molecule has 108 valence electrons. The molecule has 0 saturated heterocycles. The van der Waals surface area contributed by atoms with E-state index in [4.69, 9.17) is 11.6 Å². The third kappa shape index (κ3) is 3.33. The Bertz CT molecular complexity index is 397. The minimum Gasteiger partial charge on any atom is -0.312 e. The molecule has 1 aliphatic rings. The first kappa shape index (κ1) is 15.3. The van der Waals surface area contributed by atoms with Crippen molar-refractivity contribution in [3.8, 4) is 0 Å². The molecule has 2 rings (SSSR count). The van der Waals surface area contributed by atoms with Gasteiger partial charge in [-0.2, -0.15) is 0 Å². The summed E-state index contributed by atoms with van der Waals surface area (Å²) in [6.07, 6.45) is 6.40. The number of thiophene rings is 1. The second kappa shape index (κ2) is 6.57. The monoisotopic (exact) mass is 300 g/mol. The molecule has 0 amide bonds. The SMILES string of the molecule is CCNC(Cc1ccc(Cl)s1)C1(N(C)C)CCCC1. The zero-order chi connectivity index (χ0) is 13.9. The topological polar surface area (TPSA) is 15.3 Å². The predicted octanol–water partition coefficient (Wildman–Crippen LogP) is 3.80. The fourth-order valence-corrected chi connectivity index (χ4v) is 4.59. The molecule has 19 heavy (non-hydrogen) atoms. The summed E-state index contributed by atoms with van der Waals surface area (Å²) in [4.78, 5) is 3.84. The Balaban J connectivity index is 2.18. The van der Waals surface area contributed by atoms with E-state index in [0.717, 1.165) is 17.3 Å². The van der Waals surface area contributed by atoms with Crippen LogP contribution in [0.25, 0.3) is 0 Å². The van der Waals surface area contributed by atoms with Gasteiger partial charge in [-0.3, -0.25) is 0 Å². The van der Waals surface area contributed by atoms with E-state index in [9.17, 15) is 0 Å². The second-order valence-corrected chi connectivity index (χ2v) is 7.52.